The van der Waals surface area contributed by atoms with E-state index in [1.54, 1.807) is 24.3 Å². The van der Waals surface area contributed by atoms with Gasteiger partial charge in [0, 0.05) is 25.1 Å². The van der Waals surface area contributed by atoms with Gasteiger partial charge in [-0.25, -0.2) is 0 Å². The molecule has 7 heteroatoms. The predicted octanol–water partition coefficient (Wildman–Crippen LogP) is 3.88. The Labute approximate surface area is 195 Å². The summed E-state index contributed by atoms with van der Waals surface area (Å²) in [6.07, 6.45) is 11.2. The minimum absolute atomic E-state index is 0.0693. The van der Waals surface area contributed by atoms with Gasteiger partial charge in [-0.15, -0.1) is 0 Å². The number of piperidine rings is 1. The molecule has 1 atom stereocenters. The van der Waals surface area contributed by atoms with Crippen molar-refractivity contribution < 1.29 is 24.6 Å². The number of phenolic OH excluding ortho intramolecular Hbond substituents is 1. The van der Waals surface area contributed by atoms with Crippen molar-refractivity contribution in [3.63, 3.8) is 0 Å². The fraction of sp³-hybridized carbons (Fsp3) is 0.462. The monoisotopic (exact) mass is 454 g/mol. The Bertz CT molecular complexity index is 929. The second-order valence-corrected chi connectivity index (χ2v) is 8.46. The van der Waals surface area contributed by atoms with Crippen molar-refractivity contribution in [3.8, 4) is 5.75 Å². The smallest absolute Gasteiger partial charge is 0.263 e. The molecule has 178 valence electrons. The highest BCUT2D eigenvalue weighted by Crippen LogP contribution is 2.28. The average molecular weight is 455 g/mol. The third-order valence-electron chi connectivity index (χ3n) is 5.74. The van der Waals surface area contributed by atoms with Gasteiger partial charge in [-0.05, 0) is 68.4 Å². The summed E-state index contributed by atoms with van der Waals surface area (Å²) in [6.45, 7) is 7.81. The lowest BCUT2D eigenvalue weighted by Crippen LogP contribution is -2.37. The maximum atomic E-state index is 12.4. The average Bonchev–Trinajstić information content (AvgIpc) is 2.78. The lowest BCUT2D eigenvalue weighted by atomic mass is 9.95. The Morgan fingerprint density at radius 2 is 2.06 bits per heavy atom. The number of allylic oxidation sites excluding steroid dienone is 1. The van der Waals surface area contributed by atoms with E-state index in [4.69, 9.17) is 9.57 Å². The number of benzene rings is 1. The number of phenols is 1. The Hall–Kier alpha value is -3.06. The van der Waals surface area contributed by atoms with Crippen LogP contribution in [0.1, 0.15) is 48.8 Å². The summed E-state index contributed by atoms with van der Waals surface area (Å²) in [5.74, 6) is 0.584. The molecule has 1 aromatic carbocycles. The number of hydrogen-bond donors (Lipinski definition) is 2. The summed E-state index contributed by atoms with van der Waals surface area (Å²) in [7, 11) is 0. The molecular formula is C26H34N2O5. The van der Waals surface area contributed by atoms with Crippen LogP contribution in [0.2, 0.25) is 0 Å². The van der Waals surface area contributed by atoms with E-state index in [2.05, 4.69) is 11.7 Å². The Morgan fingerprint density at radius 3 is 2.85 bits per heavy atom. The standard InChI is InChI=1S/C26H34N2O5/c1-19-15-24(30)17-21-16-22(27-33-18-25(31)28-12-5-3-6-13-28)9-8-11-23(29)10-4-7-14-32-20(2)26(19)21/h4,8-10,15,17,23,29-30H,2-3,5-7,11-14,16,18H2,1H3/b9-8+,10-4+,27-22+. The number of oxime groups is 1. The first-order valence-corrected chi connectivity index (χ1v) is 11.6. The second-order valence-electron chi connectivity index (χ2n) is 8.46. The summed E-state index contributed by atoms with van der Waals surface area (Å²) >= 11 is 0. The molecule has 3 rings (SSSR count). The number of fused-ring (bicyclic) bond motifs is 1. The van der Waals surface area contributed by atoms with E-state index >= 15 is 0 Å². The minimum atomic E-state index is -0.617. The van der Waals surface area contributed by atoms with Gasteiger partial charge in [0.1, 0.15) is 11.5 Å². The number of carbonyl (C=O) groups excluding carboxylic acids is 1. The molecule has 1 amide bonds. The van der Waals surface area contributed by atoms with Crippen molar-refractivity contribution in [2.24, 2.45) is 5.16 Å². The molecule has 7 nitrogen and oxygen atoms in total. The van der Waals surface area contributed by atoms with Crippen LogP contribution >= 0.6 is 0 Å². The Balaban J connectivity index is 1.83. The maximum Gasteiger partial charge on any atom is 0.263 e. The number of rotatable bonds is 3. The molecule has 2 aliphatic heterocycles. The van der Waals surface area contributed by atoms with Gasteiger partial charge < -0.3 is 24.7 Å². The molecule has 1 saturated heterocycles. The number of likely N-dealkylation sites (tertiary alicyclic amines) is 1. The van der Waals surface area contributed by atoms with Crippen LogP contribution in [0.25, 0.3) is 5.76 Å². The summed E-state index contributed by atoms with van der Waals surface area (Å²) in [5.41, 5.74) is 3.02. The highest BCUT2D eigenvalue weighted by atomic mass is 16.6. The molecule has 33 heavy (non-hydrogen) atoms. The number of hydrogen-bond acceptors (Lipinski definition) is 6. The number of aromatic hydroxyl groups is 1. The van der Waals surface area contributed by atoms with Crippen LogP contribution in [-0.2, 0) is 20.8 Å². The normalized spacial score (nSPS) is 23.2. The van der Waals surface area contributed by atoms with E-state index < -0.39 is 6.10 Å². The SMILES string of the molecule is C=C1OCC/C=C/C(O)C/C=C/C(=N\OCC(=O)N2CCCCC2)Cc2cc(O)cc(C)c21. The van der Waals surface area contributed by atoms with Crippen molar-refractivity contribution in [1.29, 1.82) is 0 Å². The fourth-order valence-corrected chi connectivity index (χ4v) is 4.10. The van der Waals surface area contributed by atoms with Crippen molar-refractivity contribution in [2.45, 2.75) is 51.6 Å². The quantitative estimate of drug-likeness (QED) is 0.534. The second kappa shape index (κ2) is 12.3. The molecule has 0 saturated carbocycles. The van der Waals surface area contributed by atoms with E-state index in [1.165, 1.54) is 0 Å². The first-order chi connectivity index (χ1) is 15.9. The van der Waals surface area contributed by atoms with Gasteiger partial charge in [0.25, 0.3) is 5.91 Å². The number of carbonyl (C=O) groups is 1. The van der Waals surface area contributed by atoms with Crippen LogP contribution in [0.15, 0.2) is 48.2 Å². The molecule has 0 aromatic heterocycles. The van der Waals surface area contributed by atoms with E-state index in [0.717, 1.165) is 49.0 Å². The zero-order valence-electron chi connectivity index (χ0n) is 19.3. The van der Waals surface area contributed by atoms with Gasteiger partial charge in [0.15, 0.2) is 6.61 Å². The van der Waals surface area contributed by atoms with Crippen LogP contribution in [0.3, 0.4) is 0 Å². The summed E-state index contributed by atoms with van der Waals surface area (Å²) in [5, 5.41) is 24.5. The molecular weight excluding hydrogens is 420 g/mol. The van der Waals surface area contributed by atoms with Crippen molar-refractivity contribution >= 4 is 17.4 Å². The lowest BCUT2D eigenvalue weighted by molar-refractivity contribution is -0.137. The summed E-state index contributed by atoms with van der Waals surface area (Å²) in [4.78, 5) is 19.7. The largest absolute Gasteiger partial charge is 0.508 e. The van der Waals surface area contributed by atoms with Gasteiger partial charge in [0.05, 0.1) is 18.4 Å². The number of amides is 1. The molecule has 1 aromatic rings. The van der Waals surface area contributed by atoms with E-state index in [-0.39, 0.29) is 18.3 Å². The van der Waals surface area contributed by atoms with E-state index in [9.17, 15) is 15.0 Å². The predicted molar refractivity (Wildman–Crippen MR) is 129 cm³/mol. The number of aliphatic hydroxyl groups is 1. The zero-order valence-corrected chi connectivity index (χ0v) is 19.3. The van der Waals surface area contributed by atoms with E-state index in [1.807, 2.05) is 24.0 Å². The molecule has 0 aliphatic carbocycles. The van der Waals surface area contributed by atoms with Crippen molar-refractivity contribution in [2.75, 3.05) is 26.3 Å². The maximum absolute atomic E-state index is 12.4. The Kier molecular flexibility index (Phi) is 9.13. The highest BCUT2D eigenvalue weighted by molar-refractivity contribution is 5.97. The van der Waals surface area contributed by atoms with Crippen LogP contribution in [-0.4, -0.2) is 59.1 Å². The molecule has 0 radical (unpaired) electrons. The number of nitrogens with zero attached hydrogens (tertiary/aromatic N) is 2. The van der Waals surface area contributed by atoms with Crippen LogP contribution in [0, 0.1) is 6.92 Å². The molecule has 1 unspecified atom stereocenters. The third kappa shape index (κ3) is 7.49. The summed E-state index contributed by atoms with van der Waals surface area (Å²) in [6, 6.07) is 3.34. The molecule has 2 aliphatic rings. The zero-order chi connectivity index (χ0) is 23.6. The molecule has 2 N–H and O–H groups in total. The van der Waals surface area contributed by atoms with E-state index in [0.29, 0.717) is 37.3 Å². The minimum Gasteiger partial charge on any atom is -0.508 e. The van der Waals surface area contributed by atoms with Crippen LogP contribution < -0.4 is 0 Å². The third-order valence-corrected chi connectivity index (χ3v) is 5.74. The molecule has 0 spiro atoms. The molecule has 2 heterocycles. The Morgan fingerprint density at radius 1 is 1.27 bits per heavy atom. The van der Waals surface area contributed by atoms with Crippen molar-refractivity contribution in [1.82, 2.24) is 4.90 Å². The van der Waals surface area contributed by atoms with Gasteiger partial charge in [0.2, 0.25) is 0 Å². The first kappa shape index (κ1) is 24.6. The molecule has 0 bridgehead atoms. The number of aliphatic hydroxyl groups excluding tert-OH is 1. The van der Waals surface area contributed by atoms with Gasteiger partial charge in [-0.2, -0.15) is 0 Å². The van der Waals surface area contributed by atoms with Crippen LogP contribution in [0.4, 0.5) is 0 Å². The van der Waals surface area contributed by atoms with Crippen molar-refractivity contribution in [3.05, 3.63) is 59.7 Å². The fourth-order valence-electron chi connectivity index (χ4n) is 4.10. The van der Waals surface area contributed by atoms with Gasteiger partial charge in [-0.1, -0.05) is 30.0 Å². The van der Waals surface area contributed by atoms with Gasteiger partial charge in [-0.3, -0.25) is 4.79 Å². The number of ether oxygens (including phenoxy) is 1. The summed E-state index contributed by atoms with van der Waals surface area (Å²) < 4.78 is 5.84. The highest BCUT2D eigenvalue weighted by Gasteiger charge is 2.18. The number of aryl methyl sites for hydroxylation is 1. The lowest BCUT2D eigenvalue weighted by Gasteiger charge is -2.26. The first-order valence-electron chi connectivity index (χ1n) is 11.6. The topological polar surface area (TPSA) is 91.6 Å². The van der Waals surface area contributed by atoms with Gasteiger partial charge >= 0.3 is 0 Å². The van der Waals surface area contributed by atoms with Crippen LogP contribution in [0.5, 0.6) is 5.75 Å². The molecule has 1 fully saturated rings.